The molecule has 0 bridgehead atoms. The number of carbonyl (C=O) groups is 3. The summed E-state index contributed by atoms with van der Waals surface area (Å²) in [6.45, 7) is 1.73. The number of thioether (sulfide) groups is 1. The first kappa shape index (κ1) is 19.5. The minimum atomic E-state index is -0.731. The quantitative estimate of drug-likeness (QED) is 0.553. The third kappa shape index (κ3) is 5.34. The van der Waals surface area contributed by atoms with E-state index in [1.54, 1.807) is 6.92 Å². The van der Waals surface area contributed by atoms with Gasteiger partial charge in [0.1, 0.15) is 11.7 Å². The summed E-state index contributed by atoms with van der Waals surface area (Å²) in [5.41, 5.74) is 1.14. The van der Waals surface area contributed by atoms with Crippen molar-refractivity contribution in [3.05, 3.63) is 46.5 Å². The van der Waals surface area contributed by atoms with Gasteiger partial charge in [0.2, 0.25) is 11.8 Å². The van der Waals surface area contributed by atoms with Gasteiger partial charge in [-0.3, -0.25) is 9.59 Å². The molecular weight excluding hydrogens is 408 g/mol. The van der Waals surface area contributed by atoms with Crippen molar-refractivity contribution in [3.8, 4) is 0 Å². The number of ether oxygens (including phenoxy) is 1. The number of nitrogens with one attached hydrogen (secondary N) is 2. The summed E-state index contributed by atoms with van der Waals surface area (Å²) >= 11 is 4.70. The normalized spacial score (nSPS) is 18.8. The molecule has 134 valence electrons. The molecule has 2 atom stereocenters. The monoisotopic (exact) mass is 426 g/mol. The predicted molar refractivity (Wildman–Crippen MR) is 100 cm³/mol. The molecule has 2 rings (SSSR count). The van der Waals surface area contributed by atoms with E-state index in [0.717, 1.165) is 5.56 Å². The zero-order valence-electron chi connectivity index (χ0n) is 13.9. The Kier molecular flexibility index (Phi) is 7.07. The minimum Gasteiger partial charge on any atom is -0.464 e. The summed E-state index contributed by atoms with van der Waals surface area (Å²) in [5.74, 6) is -0.969. The van der Waals surface area contributed by atoms with Gasteiger partial charge in [0.25, 0.3) is 0 Å². The van der Waals surface area contributed by atoms with Crippen LogP contribution in [-0.2, 0) is 25.5 Å². The van der Waals surface area contributed by atoms with Crippen molar-refractivity contribution in [2.45, 2.75) is 24.2 Å². The van der Waals surface area contributed by atoms with Gasteiger partial charge in [0, 0.05) is 10.7 Å². The summed E-state index contributed by atoms with van der Waals surface area (Å²) in [5, 5.41) is 5.27. The van der Waals surface area contributed by atoms with Crippen LogP contribution in [0.5, 0.6) is 0 Å². The van der Waals surface area contributed by atoms with Crippen molar-refractivity contribution >= 4 is 45.5 Å². The van der Waals surface area contributed by atoms with E-state index in [0.29, 0.717) is 17.1 Å². The van der Waals surface area contributed by atoms with Gasteiger partial charge in [-0.15, -0.1) is 11.8 Å². The number of halogens is 1. The SMILES string of the molecule is COC(=O)C1=C(C)SC[C@H](NC(=O)[C@H](Br)Cc2ccccc2)C(=O)N1. The van der Waals surface area contributed by atoms with E-state index >= 15 is 0 Å². The maximum atomic E-state index is 12.4. The molecule has 1 heterocycles. The first-order valence-corrected chi connectivity index (χ1v) is 9.53. The Hall–Kier alpha value is -1.80. The number of benzene rings is 1. The van der Waals surface area contributed by atoms with E-state index in [1.807, 2.05) is 30.3 Å². The number of amides is 2. The van der Waals surface area contributed by atoms with Gasteiger partial charge < -0.3 is 15.4 Å². The number of rotatable bonds is 5. The number of hydrogen-bond donors (Lipinski definition) is 2. The van der Waals surface area contributed by atoms with E-state index in [1.165, 1.54) is 18.9 Å². The summed E-state index contributed by atoms with van der Waals surface area (Å²) in [4.78, 5) is 36.6. The summed E-state index contributed by atoms with van der Waals surface area (Å²) in [6.07, 6.45) is 0.513. The number of methoxy groups -OCH3 is 1. The van der Waals surface area contributed by atoms with Gasteiger partial charge in [-0.2, -0.15) is 0 Å². The van der Waals surface area contributed by atoms with E-state index in [9.17, 15) is 14.4 Å². The summed E-state index contributed by atoms with van der Waals surface area (Å²) < 4.78 is 4.67. The molecule has 1 aliphatic heterocycles. The zero-order chi connectivity index (χ0) is 18.4. The Balaban J connectivity index is 1.97. The van der Waals surface area contributed by atoms with Gasteiger partial charge in [-0.1, -0.05) is 46.3 Å². The molecule has 8 heteroatoms. The molecule has 0 aromatic heterocycles. The Morgan fingerprint density at radius 2 is 2.08 bits per heavy atom. The second kappa shape index (κ2) is 9.05. The van der Waals surface area contributed by atoms with Gasteiger partial charge in [-0.05, 0) is 18.9 Å². The lowest BCUT2D eigenvalue weighted by Gasteiger charge is -2.18. The van der Waals surface area contributed by atoms with Crippen LogP contribution in [0.25, 0.3) is 0 Å². The van der Waals surface area contributed by atoms with Gasteiger partial charge in [0.15, 0.2) is 0 Å². The molecule has 25 heavy (non-hydrogen) atoms. The number of esters is 1. The zero-order valence-corrected chi connectivity index (χ0v) is 16.3. The van der Waals surface area contributed by atoms with Crippen molar-refractivity contribution in [1.29, 1.82) is 0 Å². The van der Waals surface area contributed by atoms with Crippen molar-refractivity contribution in [2.75, 3.05) is 12.9 Å². The first-order chi connectivity index (χ1) is 11.9. The van der Waals surface area contributed by atoms with Crippen LogP contribution >= 0.6 is 27.7 Å². The minimum absolute atomic E-state index is 0.119. The van der Waals surface area contributed by atoms with Crippen LogP contribution in [0, 0.1) is 0 Å². The summed E-state index contributed by atoms with van der Waals surface area (Å²) in [6, 6.07) is 8.87. The van der Waals surface area contributed by atoms with Crippen LogP contribution in [0.2, 0.25) is 0 Å². The lowest BCUT2D eigenvalue weighted by atomic mass is 10.1. The maximum absolute atomic E-state index is 12.4. The molecule has 0 aliphatic carbocycles. The Bertz CT molecular complexity index is 693. The second-order valence-corrected chi connectivity index (χ2v) is 7.78. The van der Waals surface area contributed by atoms with Crippen molar-refractivity contribution < 1.29 is 19.1 Å². The van der Waals surface area contributed by atoms with Crippen molar-refractivity contribution in [3.63, 3.8) is 0 Å². The Labute approximate surface area is 158 Å². The van der Waals surface area contributed by atoms with E-state index in [4.69, 9.17) is 0 Å². The molecule has 0 saturated carbocycles. The third-order valence-electron chi connectivity index (χ3n) is 3.63. The number of alkyl halides is 1. The molecule has 0 spiro atoms. The standard InChI is InChI=1S/C17H19BrN2O4S/c1-10-14(17(23)24-2)20-16(22)13(9-25-10)19-15(21)12(18)8-11-6-4-3-5-7-11/h3-7,12-13H,8-9H2,1-2H3,(H,19,21)(H,20,22)/t12-,13+/m1/s1. The molecule has 0 saturated heterocycles. The van der Waals surface area contributed by atoms with E-state index in [2.05, 4.69) is 31.3 Å². The Morgan fingerprint density at radius 1 is 1.40 bits per heavy atom. The van der Waals surface area contributed by atoms with Crippen LogP contribution in [0.15, 0.2) is 40.9 Å². The molecule has 0 fully saturated rings. The van der Waals surface area contributed by atoms with E-state index in [-0.39, 0.29) is 11.6 Å². The lowest BCUT2D eigenvalue weighted by molar-refractivity contribution is -0.138. The maximum Gasteiger partial charge on any atom is 0.355 e. The average Bonchev–Trinajstić information content (AvgIpc) is 2.75. The lowest BCUT2D eigenvalue weighted by Crippen LogP contribution is -2.50. The first-order valence-electron chi connectivity index (χ1n) is 7.63. The highest BCUT2D eigenvalue weighted by Gasteiger charge is 2.30. The molecule has 6 nitrogen and oxygen atoms in total. The number of hydrogen-bond acceptors (Lipinski definition) is 5. The number of carbonyl (C=O) groups excluding carboxylic acids is 3. The highest BCUT2D eigenvalue weighted by atomic mass is 79.9. The highest BCUT2D eigenvalue weighted by molar-refractivity contribution is 9.10. The smallest absolute Gasteiger partial charge is 0.355 e. The Morgan fingerprint density at radius 3 is 2.72 bits per heavy atom. The third-order valence-corrected chi connectivity index (χ3v) is 5.51. The van der Waals surface area contributed by atoms with Crippen LogP contribution < -0.4 is 10.6 Å². The van der Waals surface area contributed by atoms with Crippen molar-refractivity contribution in [2.24, 2.45) is 0 Å². The predicted octanol–water partition coefficient (Wildman–Crippen LogP) is 1.74. The number of allylic oxidation sites excluding steroid dienone is 1. The molecule has 2 amide bonds. The molecule has 0 radical (unpaired) electrons. The molecule has 1 aromatic rings. The fraction of sp³-hybridized carbons (Fsp3) is 0.353. The van der Waals surface area contributed by atoms with Gasteiger partial charge in [0.05, 0.1) is 11.9 Å². The van der Waals surface area contributed by atoms with Crippen molar-refractivity contribution in [1.82, 2.24) is 10.6 Å². The highest BCUT2D eigenvalue weighted by Crippen LogP contribution is 2.23. The summed E-state index contributed by atoms with van der Waals surface area (Å²) in [7, 11) is 1.25. The van der Waals surface area contributed by atoms with Gasteiger partial charge >= 0.3 is 5.97 Å². The fourth-order valence-electron chi connectivity index (χ4n) is 2.23. The molecule has 1 aliphatic rings. The van der Waals surface area contributed by atoms with Crippen LogP contribution in [-0.4, -0.2) is 41.5 Å². The molecule has 0 unspecified atom stereocenters. The van der Waals surface area contributed by atoms with Crippen LogP contribution in [0.3, 0.4) is 0 Å². The molecule has 2 N–H and O–H groups in total. The van der Waals surface area contributed by atoms with E-state index < -0.39 is 22.7 Å². The van der Waals surface area contributed by atoms with Gasteiger partial charge in [-0.25, -0.2) is 4.79 Å². The molecule has 1 aromatic carbocycles. The second-order valence-electron chi connectivity index (χ2n) is 5.44. The average molecular weight is 427 g/mol. The topological polar surface area (TPSA) is 84.5 Å². The van der Waals surface area contributed by atoms with Crippen LogP contribution in [0.4, 0.5) is 0 Å². The largest absolute Gasteiger partial charge is 0.464 e. The van der Waals surface area contributed by atoms with Crippen LogP contribution in [0.1, 0.15) is 12.5 Å². The fourth-order valence-corrected chi connectivity index (χ4v) is 3.67. The molecular formula is C17H19BrN2O4S.